The first-order valence-electron chi connectivity index (χ1n) is 54.7. The van der Waals surface area contributed by atoms with Gasteiger partial charge in [0.15, 0.2) is 0 Å². The number of hydrogen-bond donors (Lipinski definition) is 6. The number of rotatable bonds is 54. The maximum absolute atomic E-state index is 13.3. The van der Waals surface area contributed by atoms with Crippen LogP contribution in [0.4, 0.5) is 68.2 Å². The summed E-state index contributed by atoms with van der Waals surface area (Å²) in [7, 11) is 0. The Hall–Kier alpha value is -13.0. The minimum Gasteiger partial charge on any atom is -0.507 e. The third-order valence-corrected chi connectivity index (χ3v) is 28.0. The molecule has 1 aliphatic carbocycles. The first kappa shape index (κ1) is 108. The molecule has 0 spiro atoms. The number of azo groups is 6. The van der Waals surface area contributed by atoms with Crippen LogP contribution in [0.15, 0.2) is 280 Å². The lowest BCUT2D eigenvalue weighted by molar-refractivity contribution is 0.451. The molecule has 0 saturated heterocycles. The summed E-state index contributed by atoms with van der Waals surface area (Å²) in [6, 6.07) is 70.3. The van der Waals surface area contributed by atoms with E-state index in [9.17, 15) is 30.6 Å². The van der Waals surface area contributed by atoms with E-state index in [-0.39, 0.29) is 73.0 Å². The molecule has 12 aromatic rings. The zero-order chi connectivity index (χ0) is 101. The lowest BCUT2D eigenvalue weighted by atomic mass is 9.90. The molecule has 13 rings (SSSR count). The van der Waals surface area contributed by atoms with Crippen LogP contribution in [0.3, 0.4) is 0 Å². The Morgan fingerprint density at radius 3 is 0.361 bits per heavy atom. The number of aromatic hydroxyl groups is 6. The van der Waals surface area contributed by atoms with Gasteiger partial charge in [0, 0.05) is 105 Å². The highest BCUT2D eigenvalue weighted by molar-refractivity contribution is 5.66. The Balaban J connectivity index is 0.986. The number of aryl methyl sites for hydroxylation is 6. The fraction of sp³-hybridized carbons (Fsp3) is 0.429. The molecule has 0 saturated carbocycles. The molecular formula is C126H156N12O6. The highest BCUT2D eigenvalue weighted by atomic mass is 16.3. The number of unbranched alkanes of at least 4 members (excludes halogenated alkanes) is 30. The van der Waals surface area contributed by atoms with Gasteiger partial charge in [-0.1, -0.05) is 307 Å². The molecule has 0 heterocycles. The Morgan fingerprint density at radius 1 is 0.139 bits per heavy atom. The molecule has 0 unspecified atom stereocenters. The Morgan fingerprint density at radius 2 is 0.243 bits per heavy atom. The van der Waals surface area contributed by atoms with Gasteiger partial charge in [0.25, 0.3) is 0 Å². The lowest BCUT2D eigenvalue weighted by Crippen LogP contribution is -2.01. The van der Waals surface area contributed by atoms with Crippen LogP contribution in [0.1, 0.15) is 373 Å². The molecule has 0 fully saturated rings. The van der Waals surface area contributed by atoms with Crippen LogP contribution in [0, 0.1) is 0 Å². The Labute approximate surface area is 857 Å². The first-order valence-corrected chi connectivity index (χ1v) is 54.7. The molecule has 18 heteroatoms. The summed E-state index contributed by atoms with van der Waals surface area (Å²) < 4.78 is 0. The van der Waals surface area contributed by atoms with Crippen molar-refractivity contribution in [3.8, 4) is 34.5 Å². The summed E-state index contributed by atoms with van der Waals surface area (Å²) in [4.78, 5) is 0. The van der Waals surface area contributed by atoms with E-state index in [1.54, 1.807) is 72.8 Å². The molecule has 0 aromatic heterocycles. The standard InChI is InChI=1S/C126H156N12O6/c1-7-13-19-25-31-37-43-91-49-61-109(62-50-91)127-133-115-79-97-73-99-81-116(134-128-110-63-51-92(52-64-110)44-38-32-26-20-14-8-2)83-101(122(99)140)75-103-85-118(136-130-112-67-55-94(56-68-112)46-40-34-28-22-16-10-4)87-105(124(103)142)77-107-89-120(138-132-114-71-59-96(60-72-114)48-42-36-30-24-18-12-6)90-108(126(107)144)78-106-88-119(137-131-113-69-57-95(58-70-113)47-41-35-29-23-17-11-5)86-104(125(106)143)76-102-84-117(82-100(123(102)141)74-98(80-115)121(97)139)135-129-111-65-53-93(54-66-111)45-39-33-27-21-15-9-3/h49-72,79-90,139-144H,7-48,73-78H2,1-6H3. The molecule has 0 atom stereocenters. The fourth-order valence-corrected chi connectivity index (χ4v) is 19.4. The van der Waals surface area contributed by atoms with Crippen LogP contribution in [0.25, 0.3) is 0 Å². The molecule has 1 aliphatic rings. The van der Waals surface area contributed by atoms with E-state index >= 15 is 0 Å². The molecule has 6 N–H and O–H groups in total. The van der Waals surface area contributed by atoms with Gasteiger partial charge in [-0.3, -0.25) is 0 Å². The van der Waals surface area contributed by atoms with Crippen molar-refractivity contribution in [1.29, 1.82) is 0 Å². The van der Waals surface area contributed by atoms with Crippen molar-refractivity contribution >= 4 is 68.2 Å². The molecule has 0 aliphatic heterocycles. The van der Waals surface area contributed by atoms with Crippen molar-refractivity contribution in [2.75, 3.05) is 0 Å². The largest absolute Gasteiger partial charge is 0.507 e. The highest BCUT2D eigenvalue weighted by Gasteiger charge is 2.26. The Kier molecular flexibility index (Phi) is 44.6. The van der Waals surface area contributed by atoms with E-state index in [4.69, 9.17) is 61.4 Å². The van der Waals surface area contributed by atoms with Crippen LogP contribution in [0.5, 0.6) is 34.5 Å². The zero-order valence-corrected chi connectivity index (χ0v) is 86.8. The van der Waals surface area contributed by atoms with Crippen molar-refractivity contribution in [2.24, 2.45) is 61.4 Å². The summed E-state index contributed by atoms with van der Waals surface area (Å²) >= 11 is 0. The van der Waals surface area contributed by atoms with Crippen LogP contribution in [-0.2, 0) is 77.0 Å². The number of phenols is 6. The highest BCUT2D eigenvalue weighted by Crippen LogP contribution is 2.46. The van der Waals surface area contributed by atoms with E-state index in [1.807, 2.05) is 72.8 Å². The van der Waals surface area contributed by atoms with Crippen LogP contribution in [-0.4, -0.2) is 30.6 Å². The number of nitrogens with zero attached hydrogens (tertiary/aromatic N) is 12. The van der Waals surface area contributed by atoms with Gasteiger partial charge in [-0.2, -0.15) is 61.4 Å². The van der Waals surface area contributed by atoms with Gasteiger partial charge in [-0.25, -0.2) is 0 Å². The van der Waals surface area contributed by atoms with Crippen LogP contribution < -0.4 is 0 Å². The van der Waals surface area contributed by atoms with Gasteiger partial charge in [0.1, 0.15) is 34.5 Å². The second kappa shape index (κ2) is 59.3. The SMILES string of the molecule is CCCCCCCCc1ccc(N=Nc2cc3c(O)c(c2)Cc2cc(N=Nc4ccc(CCCCCCCC)cc4)cc(c2O)Cc2cc(N=Nc4ccc(CCCCCCCC)cc4)cc(c2O)Cc2cc(N=Nc4ccc(CCCCCCCC)cc4)cc(c2O)Cc2cc(N=Nc4ccc(CCCCCCCC)cc4)cc(c2O)Cc2cc(N=Nc4ccc(CCCCCCCC)cc4)cc(c2O)C3)cc1. The minimum absolute atomic E-state index is 0.0865. The number of hydrogen-bond acceptors (Lipinski definition) is 18. The van der Waals surface area contributed by atoms with Crippen molar-refractivity contribution in [2.45, 2.75) is 350 Å². The molecule has 0 amide bonds. The maximum Gasteiger partial charge on any atom is 0.122 e. The van der Waals surface area contributed by atoms with Crippen molar-refractivity contribution in [3.05, 3.63) is 319 Å². The quantitative estimate of drug-likeness (QED) is 0.0159. The minimum atomic E-state index is -0.130. The number of phenolic OH excluding ortho intramolecular Hbond substituents is 6. The molecule has 12 bridgehead atoms. The van der Waals surface area contributed by atoms with Gasteiger partial charge in [-0.05, 0) is 256 Å². The third-order valence-electron chi connectivity index (χ3n) is 28.0. The summed E-state index contributed by atoms with van der Waals surface area (Å²) in [5.41, 5.74) is 17.8. The van der Waals surface area contributed by atoms with Crippen LogP contribution in [0.2, 0.25) is 0 Å². The third kappa shape index (κ3) is 35.2. The van der Waals surface area contributed by atoms with Gasteiger partial charge in [-0.15, -0.1) is 0 Å². The average molecular weight is 1930 g/mol. The fourth-order valence-electron chi connectivity index (χ4n) is 19.4. The van der Waals surface area contributed by atoms with Crippen molar-refractivity contribution in [1.82, 2.24) is 0 Å². The predicted octanol–water partition coefficient (Wildman–Crippen LogP) is 39.7. The topological polar surface area (TPSA) is 270 Å². The normalized spacial score (nSPS) is 12.5. The maximum atomic E-state index is 13.3. The summed E-state index contributed by atoms with van der Waals surface area (Å²) in [5.74, 6) is -0.778. The summed E-state index contributed by atoms with van der Waals surface area (Å²) in [5, 5.41) is 139. The molecule has 144 heavy (non-hydrogen) atoms. The first-order chi connectivity index (χ1) is 70.6. The van der Waals surface area contributed by atoms with E-state index < -0.39 is 0 Å². The average Bonchev–Trinajstić information content (AvgIpc) is 0.803. The van der Waals surface area contributed by atoms with Crippen molar-refractivity contribution < 1.29 is 30.6 Å². The van der Waals surface area contributed by atoms with E-state index in [2.05, 4.69) is 114 Å². The van der Waals surface area contributed by atoms with E-state index in [1.165, 1.54) is 226 Å². The number of benzene rings is 12. The van der Waals surface area contributed by atoms with Crippen molar-refractivity contribution in [3.63, 3.8) is 0 Å². The second-order valence-electron chi connectivity index (χ2n) is 40.0. The second-order valence-corrected chi connectivity index (χ2v) is 40.0. The number of fused-ring (bicyclic) bond motifs is 12. The predicted molar refractivity (Wildman–Crippen MR) is 592 cm³/mol. The van der Waals surface area contributed by atoms with Gasteiger partial charge >= 0.3 is 0 Å². The molecule has 756 valence electrons. The monoisotopic (exact) mass is 1930 g/mol. The zero-order valence-electron chi connectivity index (χ0n) is 86.8. The smallest absolute Gasteiger partial charge is 0.122 e. The van der Waals surface area contributed by atoms with E-state index in [0.29, 0.717) is 135 Å². The van der Waals surface area contributed by atoms with Gasteiger partial charge in [0.05, 0.1) is 68.2 Å². The summed E-state index contributed by atoms with van der Waals surface area (Å²) in [6.07, 6.45) is 48.4. The molecule has 18 nitrogen and oxygen atoms in total. The molecule has 12 aromatic carbocycles. The molecular weight excluding hydrogens is 1780 g/mol. The molecule has 0 radical (unpaired) electrons. The van der Waals surface area contributed by atoms with Gasteiger partial charge in [0.2, 0.25) is 0 Å². The van der Waals surface area contributed by atoms with Gasteiger partial charge < -0.3 is 30.6 Å². The lowest BCUT2D eigenvalue weighted by Gasteiger charge is -2.18. The van der Waals surface area contributed by atoms with E-state index in [0.717, 1.165) is 77.0 Å². The Bertz CT molecular complexity index is 5060. The summed E-state index contributed by atoms with van der Waals surface area (Å²) in [6.45, 7) is 13.4. The van der Waals surface area contributed by atoms with Crippen LogP contribution >= 0.6 is 0 Å².